The van der Waals surface area contributed by atoms with Gasteiger partial charge in [0, 0.05) is 25.2 Å². The molecule has 0 N–H and O–H groups in total. The molecule has 2 aromatic carbocycles. The molecule has 27 heavy (non-hydrogen) atoms. The van der Waals surface area contributed by atoms with Crippen molar-refractivity contribution in [1.29, 1.82) is 0 Å². The van der Waals surface area contributed by atoms with Gasteiger partial charge in [-0.3, -0.25) is 9.69 Å². The fourth-order valence-electron chi connectivity index (χ4n) is 3.08. The summed E-state index contributed by atoms with van der Waals surface area (Å²) in [5.41, 5.74) is 1.57. The van der Waals surface area contributed by atoms with Crippen molar-refractivity contribution < 1.29 is 9.53 Å². The highest BCUT2D eigenvalue weighted by atomic mass is 35.5. The predicted octanol–water partition coefficient (Wildman–Crippen LogP) is 3.53. The molecule has 0 spiro atoms. The van der Waals surface area contributed by atoms with E-state index in [1.807, 2.05) is 36.2 Å². The molecule has 4 rings (SSSR count). The summed E-state index contributed by atoms with van der Waals surface area (Å²) in [5.74, 6) is 1.72. The summed E-state index contributed by atoms with van der Waals surface area (Å²) >= 11 is 5.90. The van der Waals surface area contributed by atoms with Crippen LogP contribution in [0.2, 0.25) is 5.02 Å². The van der Waals surface area contributed by atoms with E-state index in [4.69, 9.17) is 26.3 Å². The van der Waals surface area contributed by atoms with Gasteiger partial charge < -0.3 is 9.64 Å². The van der Waals surface area contributed by atoms with Crippen LogP contribution in [0.25, 0.3) is 11.0 Å². The normalized spacial score (nSPS) is 14.8. The van der Waals surface area contributed by atoms with Crippen LogP contribution in [0, 0.1) is 0 Å². The summed E-state index contributed by atoms with van der Waals surface area (Å²) in [6.07, 6.45) is -0.657. The van der Waals surface area contributed by atoms with E-state index in [9.17, 15) is 4.79 Å². The first-order chi connectivity index (χ1) is 13.0. The van der Waals surface area contributed by atoms with Crippen LogP contribution in [0.15, 0.2) is 48.5 Å². The van der Waals surface area contributed by atoms with Crippen LogP contribution in [0.5, 0.6) is 5.75 Å². The first-order valence-electron chi connectivity index (χ1n) is 8.74. The number of carbonyl (C=O) groups excluding carboxylic acids is 1. The molecule has 2 heterocycles. The lowest BCUT2D eigenvalue weighted by atomic mass is 10.2. The van der Waals surface area contributed by atoms with Gasteiger partial charge in [-0.05, 0) is 43.3 Å². The minimum absolute atomic E-state index is 0.149. The van der Waals surface area contributed by atoms with Crippen LogP contribution in [0.1, 0.15) is 6.92 Å². The van der Waals surface area contributed by atoms with E-state index in [-0.39, 0.29) is 5.91 Å². The van der Waals surface area contributed by atoms with E-state index in [2.05, 4.69) is 0 Å². The topological polar surface area (TPSA) is 58.6 Å². The number of rotatable bonds is 3. The average molecular weight is 383 g/mol. The average Bonchev–Trinajstić information content (AvgIpc) is 2.68. The number of nitrogens with zero attached hydrogens (tertiary/aromatic N) is 4. The lowest BCUT2D eigenvalue weighted by Gasteiger charge is -2.34. The standard InChI is InChI=1S/C20H19ClN4O2/c1-13(27-15-9-7-14(21)8-10-15)20(26)25-12-11-24(2)18-19(25)23-17-6-4-3-5-16(17)22-18/h3-10,13H,11-12H2,1-2H3. The minimum Gasteiger partial charge on any atom is -0.481 e. The van der Waals surface area contributed by atoms with Gasteiger partial charge in [0.25, 0.3) is 5.91 Å². The summed E-state index contributed by atoms with van der Waals surface area (Å²) in [6, 6.07) is 14.6. The first-order valence-corrected chi connectivity index (χ1v) is 9.12. The third kappa shape index (κ3) is 3.40. The number of carbonyl (C=O) groups is 1. The zero-order valence-corrected chi connectivity index (χ0v) is 15.8. The van der Waals surface area contributed by atoms with Crippen LogP contribution < -0.4 is 14.5 Å². The Bertz CT molecular complexity index is 993. The van der Waals surface area contributed by atoms with Crippen molar-refractivity contribution in [2.45, 2.75) is 13.0 Å². The first kappa shape index (κ1) is 17.5. The summed E-state index contributed by atoms with van der Waals surface area (Å²) in [5, 5.41) is 0.622. The van der Waals surface area contributed by atoms with Crippen LogP contribution in [0.3, 0.4) is 0 Å². The zero-order valence-electron chi connectivity index (χ0n) is 15.1. The van der Waals surface area contributed by atoms with Crippen LogP contribution in [0.4, 0.5) is 11.6 Å². The molecular formula is C20H19ClN4O2. The largest absolute Gasteiger partial charge is 0.481 e. The fraction of sp³-hybridized carbons (Fsp3) is 0.250. The van der Waals surface area contributed by atoms with Crippen molar-refractivity contribution in [3.63, 3.8) is 0 Å². The Kier molecular flexibility index (Phi) is 4.58. The number of amides is 1. The summed E-state index contributed by atoms with van der Waals surface area (Å²) in [7, 11) is 1.96. The number of hydrogen-bond donors (Lipinski definition) is 0. The van der Waals surface area contributed by atoms with Gasteiger partial charge in [-0.1, -0.05) is 23.7 Å². The van der Waals surface area contributed by atoms with Crippen molar-refractivity contribution in [1.82, 2.24) is 9.97 Å². The van der Waals surface area contributed by atoms with Crippen LogP contribution >= 0.6 is 11.6 Å². The predicted molar refractivity (Wildman–Crippen MR) is 107 cm³/mol. The van der Waals surface area contributed by atoms with Gasteiger partial charge in [0.2, 0.25) is 0 Å². The Labute approximate surface area is 162 Å². The van der Waals surface area contributed by atoms with Gasteiger partial charge in [0.05, 0.1) is 11.0 Å². The molecule has 0 radical (unpaired) electrons. The van der Waals surface area contributed by atoms with Gasteiger partial charge >= 0.3 is 0 Å². The minimum atomic E-state index is -0.657. The third-order valence-corrected chi connectivity index (χ3v) is 4.80. The number of hydrogen-bond acceptors (Lipinski definition) is 5. The van der Waals surface area contributed by atoms with E-state index in [0.717, 1.165) is 11.0 Å². The highest BCUT2D eigenvalue weighted by molar-refractivity contribution is 6.30. The second kappa shape index (κ2) is 7.04. The van der Waals surface area contributed by atoms with Gasteiger partial charge in [0.1, 0.15) is 5.75 Å². The second-order valence-corrected chi connectivity index (χ2v) is 6.92. The molecule has 1 aliphatic rings. The maximum Gasteiger partial charge on any atom is 0.269 e. The lowest BCUT2D eigenvalue weighted by Crippen LogP contribution is -2.48. The molecule has 6 nitrogen and oxygen atoms in total. The molecule has 0 saturated carbocycles. The molecule has 1 unspecified atom stereocenters. The van der Waals surface area contributed by atoms with Crippen molar-refractivity contribution in [3.05, 3.63) is 53.6 Å². The number of likely N-dealkylation sites (N-methyl/N-ethyl adjacent to an activating group) is 1. The van der Waals surface area contributed by atoms with Crippen LogP contribution in [-0.4, -0.2) is 42.1 Å². The highest BCUT2D eigenvalue weighted by Gasteiger charge is 2.31. The maximum atomic E-state index is 13.1. The number of anilines is 2. The lowest BCUT2D eigenvalue weighted by molar-refractivity contribution is -0.124. The summed E-state index contributed by atoms with van der Waals surface area (Å²) in [4.78, 5) is 26.1. The quantitative estimate of drug-likeness (QED) is 0.693. The smallest absolute Gasteiger partial charge is 0.269 e. The molecule has 138 valence electrons. The van der Waals surface area contributed by atoms with Crippen molar-refractivity contribution in [2.24, 2.45) is 0 Å². The Morgan fingerprint density at radius 2 is 1.67 bits per heavy atom. The molecule has 1 atom stereocenters. The Balaban J connectivity index is 1.64. The third-order valence-electron chi connectivity index (χ3n) is 4.55. The molecule has 3 aromatic rings. The monoisotopic (exact) mass is 382 g/mol. The molecule has 1 aromatic heterocycles. The molecule has 0 aliphatic carbocycles. The molecule has 1 aliphatic heterocycles. The highest BCUT2D eigenvalue weighted by Crippen LogP contribution is 2.31. The Morgan fingerprint density at radius 3 is 2.33 bits per heavy atom. The van der Waals surface area contributed by atoms with Gasteiger partial charge in [-0.15, -0.1) is 0 Å². The number of para-hydroxylation sites is 2. The fourth-order valence-corrected chi connectivity index (χ4v) is 3.21. The van der Waals surface area contributed by atoms with E-state index in [1.165, 1.54) is 0 Å². The maximum absolute atomic E-state index is 13.1. The van der Waals surface area contributed by atoms with Gasteiger partial charge in [-0.25, -0.2) is 9.97 Å². The molecule has 1 amide bonds. The number of fused-ring (bicyclic) bond motifs is 2. The summed E-state index contributed by atoms with van der Waals surface area (Å²) < 4.78 is 5.80. The molecule has 7 heteroatoms. The Hall–Kier alpha value is -2.86. The molecular weight excluding hydrogens is 364 g/mol. The van der Waals surface area contributed by atoms with Crippen molar-refractivity contribution in [3.8, 4) is 5.75 Å². The SMILES string of the molecule is CC(Oc1ccc(Cl)cc1)C(=O)N1CCN(C)c2nc3ccccc3nc21. The van der Waals surface area contributed by atoms with Crippen LogP contribution in [-0.2, 0) is 4.79 Å². The number of ether oxygens (including phenoxy) is 1. The van der Waals surface area contributed by atoms with Gasteiger partial charge in [0.15, 0.2) is 17.7 Å². The van der Waals surface area contributed by atoms with E-state index < -0.39 is 6.10 Å². The van der Waals surface area contributed by atoms with E-state index >= 15 is 0 Å². The second-order valence-electron chi connectivity index (χ2n) is 6.48. The number of benzene rings is 2. The molecule has 0 bridgehead atoms. The Morgan fingerprint density at radius 1 is 1.04 bits per heavy atom. The van der Waals surface area contributed by atoms with Gasteiger partial charge in [-0.2, -0.15) is 0 Å². The van der Waals surface area contributed by atoms with E-state index in [1.54, 1.807) is 36.1 Å². The van der Waals surface area contributed by atoms with Crippen molar-refractivity contribution in [2.75, 3.05) is 29.9 Å². The summed E-state index contributed by atoms with van der Waals surface area (Å²) in [6.45, 7) is 2.95. The number of aromatic nitrogens is 2. The number of halogens is 1. The molecule has 0 fully saturated rings. The molecule has 0 saturated heterocycles. The zero-order chi connectivity index (χ0) is 19.0. The van der Waals surface area contributed by atoms with E-state index in [0.29, 0.717) is 35.5 Å². The van der Waals surface area contributed by atoms with Crippen molar-refractivity contribution >= 4 is 40.2 Å².